The zero-order valence-electron chi connectivity index (χ0n) is 13.9. The SMILES string of the molecule is COc1ccc(C(C)NCC(O)c2ccncc2)c2ccccc12. The van der Waals surface area contributed by atoms with Crippen LogP contribution in [0.1, 0.15) is 30.2 Å². The fourth-order valence-corrected chi connectivity index (χ4v) is 2.95. The van der Waals surface area contributed by atoms with Crippen molar-refractivity contribution in [2.75, 3.05) is 13.7 Å². The molecule has 0 saturated heterocycles. The number of pyridine rings is 1. The molecule has 3 rings (SSSR count). The summed E-state index contributed by atoms with van der Waals surface area (Å²) >= 11 is 0. The highest BCUT2D eigenvalue weighted by molar-refractivity contribution is 5.91. The topological polar surface area (TPSA) is 54.4 Å². The predicted molar refractivity (Wildman–Crippen MR) is 96.1 cm³/mol. The number of aliphatic hydroxyl groups excluding tert-OH is 1. The van der Waals surface area contributed by atoms with Gasteiger partial charge in [0.05, 0.1) is 13.2 Å². The van der Waals surface area contributed by atoms with Gasteiger partial charge in [0.1, 0.15) is 5.75 Å². The monoisotopic (exact) mass is 322 g/mol. The van der Waals surface area contributed by atoms with Crippen LogP contribution < -0.4 is 10.1 Å². The van der Waals surface area contributed by atoms with E-state index in [1.54, 1.807) is 19.5 Å². The van der Waals surface area contributed by atoms with E-state index in [1.807, 2.05) is 30.3 Å². The number of hydrogen-bond donors (Lipinski definition) is 2. The third-order valence-corrected chi connectivity index (χ3v) is 4.31. The Morgan fingerprint density at radius 1 is 1.04 bits per heavy atom. The molecule has 24 heavy (non-hydrogen) atoms. The molecule has 0 spiro atoms. The fourth-order valence-electron chi connectivity index (χ4n) is 2.95. The van der Waals surface area contributed by atoms with Crippen molar-refractivity contribution in [3.8, 4) is 5.75 Å². The van der Waals surface area contributed by atoms with E-state index < -0.39 is 6.10 Å². The average molecular weight is 322 g/mol. The largest absolute Gasteiger partial charge is 0.496 e. The van der Waals surface area contributed by atoms with Gasteiger partial charge in [-0.1, -0.05) is 30.3 Å². The minimum Gasteiger partial charge on any atom is -0.496 e. The van der Waals surface area contributed by atoms with Crippen molar-refractivity contribution in [3.63, 3.8) is 0 Å². The molecule has 4 heteroatoms. The molecule has 0 amide bonds. The molecule has 4 nitrogen and oxygen atoms in total. The van der Waals surface area contributed by atoms with Crippen LogP contribution in [0.2, 0.25) is 0 Å². The molecule has 2 atom stereocenters. The molecule has 1 aromatic heterocycles. The highest BCUT2D eigenvalue weighted by Crippen LogP contribution is 2.31. The van der Waals surface area contributed by atoms with Crippen LogP contribution in [-0.4, -0.2) is 23.7 Å². The number of rotatable bonds is 6. The number of hydrogen-bond acceptors (Lipinski definition) is 4. The van der Waals surface area contributed by atoms with E-state index in [2.05, 4.69) is 35.4 Å². The summed E-state index contributed by atoms with van der Waals surface area (Å²) in [6, 6.07) is 16.1. The Morgan fingerprint density at radius 2 is 1.75 bits per heavy atom. The number of methoxy groups -OCH3 is 1. The Morgan fingerprint density at radius 3 is 2.46 bits per heavy atom. The molecule has 1 heterocycles. The zero-order valence-corrected chi connectivity index (χ0v) is 13.9. The van der Waals surface area contributed by atoms with Crippen LogP contribution in [0, 0.1) is 0 Å². The van der Waals surface area contributed by atoms with Crippen molar-refractivity contribution in [1.82, 2.24) is 10.3 Å². The van der Waals surface area contributed by atoms with Gasteiger partial charge in [0, 0.05) is 30.4 Å². The van der Waals surface area contributed by atoms with E-state index in [0.29, 0.717) is 6.54 Å². The van der Waals surface area contributed by atoms with Gasteiger partial charge >= 0.3 is 0 Å². The first-order chi connectivity index (χ1) is 11.7. The van der Waals surface area contributed by atoms with Gasteiger partial charge in [-0.15, -0.1) is 0 Å². The van der Waals surface area contributed by atoms with Gasteiger partial charge < -0.3 is 15.2 Å². The number of aromatic nitrogens is 1. The molecular weight excluding hydrogens is 300 g/mol. The second-order valence-corrected chi connectivity index (χ2v) is 5.83. The Hall–Kier alpha value is -2.43. The predicted octanol–water partition coefficient (Wildman–Crippen LogP) is 3.63. The summed E-state index contributed by atoms with van der Waals surface area (Å²) in [6.07, 6.45) is 2.83. The summed E-state index contributed by atoms with van der Waals surface area (Å²) < 4.78 is 5.45. The first kappa shape index (κ1) is 16.4. The standard InChI is InChI=1S/C20H22N2O2/c1-14(22-13-19(23)15-9-11-21-12-10-15)16-7-8-20(24-2)18-6-4-3-5-17(16)18/h3-12,14,19,22-23H,13H2,1-2H3. The summed E-state index contributed by atoms with van der Waals surface area (Å²) in [4.78, 5) is 3.98. The van der Waals surface area contributed by atoms with Gasteiger partial charge in [0.15, 0.2) is 0 Å². The van der Waals surface area contributed by atoms with Crippen molar-refractivity contribution >= 4 is 10.8 Å². The fraction of sp³-hybridized carbons (Fsp3) is 0.250. The second-order valence-electron chi connectivity index (χ2n) is 5.83. The average Bonchev–Trinajstić information content (AvgIpc) is 2.65. The van der Waals surface area contributed by atoms with Crippen molar-refractivity contribution < 1.29 is 9.84 Å². The van der Waals surface area contributed by atoms with E-state index in [4.69, 9.17) is 4.74 Å². The molecule has 2 unspecified atom stereocenters. The van der Waals surface area contributed by atoms with Crippen LogP contribution in [0.15, 0.2) is 60.9 Å². The van der Waals surface area contributed by atoms with Gasteiger partial charge in [0.2, 0.25) is 0 Å². The van der Waals surface area contributed by atoms with Crippen LogP contribution in [-0.2, 0) is 0 Å². The first-order valence-electron chi connectivity index (χ1n) is 8.07. The van der Waals surface area contributed by atoms with Gasteiger partial charge in [-0.05, 0) is 41.6 Å². The van der Waals surface area contributed by atoms with E-state index in [1.165, 1.54) is 5.56 Å². The molecule has 0 aliphatic carbocycles. The molecule has 2 N–H and O–H groups in total. The first-order valence-corrected chi connectivity index (χ1v) is 8.07. The summed E-state index contributed by atoms with van der Waals surface area (Å²) in [5.41, 5.74) is 2.05. The lowest BCUT2D eigenvalue weighted by atomic mass is 9.98. The Balaban J connectivity index is 1.78. The number of aliphatic hydroxyl groups is 1. The lowest BCUT2D eigenvalue weighted by molar-refractivity contribution is 0.171. The summed E-state index contributed by atoms with van der Waals surface area (Å²) in [5, 5.41) is 16.0. The van der Waals surface area contributed by atoms with E-state index >= 15 is 0 Å². The number of nitrogens with one attached hydrogen (secondary N) is 1. The number of benzene rings is 2. The molecule has 124 valence electrons. The summed E-state index contributed by atoms with van der Waals surface area (Å²) in [5.74, 6) is 0.873. The molecular formula is C20H22N2O2. The quantitative estimate of drug-likeness (QED) is 0.728. The minimum absolute atomic E-state index is 0.109. The van der Waals surface area contributed by atoms with Gasteiger partial charge in [-0.25, -0.2) is 0 Å². The van der Waals surface area contributed by atoms with Gasteiger partial charge in [-0.3, -0.25) is 4.98 Å². The highest BCUT2D eigenvalue weighted by atomic mass is 16.5. The van der Waals surface area contributed by atoms with Crippen LogP contribution >= 0.6 is 0 Å². The third kappa shape index (κ3) is 3.40. The number of nitrogens with zero attached hydrogens (tertiary/aromatic N) is 1. The van der Waals surface area contributed by atoms with Crippen LogP contribution in [0.25, 0.3) is 10.8 Å². The Kier molecular flexibility index (Phi) is 5.08. The summed E-state index contributed by atoms with van der Waals surface area (Å²) in [6.45, 7) is 2.58. The molecule has 0 radical (unpaired) electrons. The Labute approximate surface area is 142 Å². The van der Waals surface area contributed by atoms with Crippen LogP contribution in [0.3, 0.4) is 0 Å². The minimum atomic E-state index is -0.556. The van der Waals surface area contributed by atoms with Gasteiger partial charge in [-0.2, -0.15) is 0 Å². The van der Waals surface area contributed by atoms with Crippen molar-refractivity contribution in [2.24, 2.45) is 0 Å². The molecule has 0 aliphatic heterocycles. The van der Waals surface area contributed by atoms with E-state index in [0.717, 1.165) is 22.1 Å². The summed E-state index contributed by atoms with van der Waals surface area (Å²) in [7, 11) is 1.69. The molecule has 3 aromatic rings. The molecule has 0 aliphatic rings. The van der Waals surface area contributed by atoms with Crippen molar-refractivity contribution in [3.05, 3.63) is 72.1 Å². The maximum atomic E-state index is 10.3. The van der Waals surface area contributed by atoms with Crippen LogP contribution in [0.5, 0.6) is 5.75 Å². The van der Waals surface area contributed by atoms with Crippen molar-refractivity contribution in [2.45, 2.75) is 19.1 Å². The number of ether oxygens (including phenoxy) is 1. The zero-order chi connectivity index (χ0) is 16.9. The molecule has 0 fully saturated rings. The third-order valence-electron chi connectivity index (χ3n) is 4.31. The van der Waals surface area contributed by atoms with E-state index in [-0.39, 0.29) is 6.04 Å². The maximum Gasteiger partial charge on any atom is 0.126 e. The van der Waals surface area contributed by atoms with Gasteiger partial charge in [0.25, 0.3) is 0 Å². The lowest BCUT2D eigenvalue weighted by Gasteiger charge is -2.20. The molecule has 2 aromatic carbocycles. The lowest BCUT2D eigenvalue weighted by Crippen LogP contribution is -2.24. The second kappa shape index (κ2) is 7.43. The molecule has 0 bridgehead atoms. The number of fused-ring (bicyclic) bond motifs is 1. The smallest absolute Gasteiger partial charge is 0.126 e. The molecule has 0 saturated carbocycles. The highest BCUT2D eigenvalue weighted by Gasteiger charge is 2.14. The van der Waals surface area contributed by atoms with Crippen molar-refractivity contribution in [1.29, 1.82) is 0 Å². The van der Waals surface area contributed by atoms with E-state index in [9.17, 15) is 5.11 Å². The normalized spacial score (nSPS) is 13.6. The Bertz CT molecular complexity index is 805. The van der Waals surface area contributed by atoms with Crippen LogP contribution in [0.4, 0.5) is 0 Å². The maximum absolute atomic E-state index is 10.3.